The van der Waals surface area contributed by atoms with Gasteiger partial charge in [0.1, 0.15) is 22.2 Å². The van der Waals surface area contributed by atoms with Crippen molar-refractivity contribution in [2.75, 3.05) is 5.32 Å². The van der Waals surface area contributed by atoms with E-state index in [1.807, 2.05) is 0 Å². The third-order valence-corrected chi connectivity index (χ3v) is 5.05. The zero-order valence-electron chi connectivity index (χ0n) is 14.4. The summed E-state index contributed by atoms with van der Waals surface area (Å²) in [7, 11) is 0. The fourth-order valence-electron chi connectivity index (χ4n) is 2.39. The van der Waals surface area contributed by atoms with Crippen LogP contribution in [0.3, 0.4) is 0 Å². The number of para-hydroxylation sites is 1. The van der Waals surface area contributed by atoms with Crippen molar-refractivity contribution in [2.45, 2.75) is 13.5 Å². The second-order valence-electron chi connectivity index (χ2n) is 5.63. The molecule has 0 bridgehead atoms. The number of amides is 2. The van der Waals surface area contributed by atoms with Crippen molar-refractivity contribution in [3.63, 3.8) is 0 Å². The van der Waals surface area contributed by atoms with Crippen LogP contribution in [-0.2, 0) is 6.61 Å². The van der Waals surface area contributed by atoms with Crippen LogP contribution in [0.15, 0.2) is 48.5 Å². The summed E-state index contributed by atoms with van der Waals surface area (Å²) in [4.78, 5) is 28.9. The Kier molecular flexibility index (Phi) is 5.73. The van der Waals surface area contributed by atoms with E-state index < -0.39 is 5.91 Å². The highest BCUT2D eigenvalue weighted by Gasteiger charge is 2.18. The van der Waals surface area contributed by atoms with Crippen LogP contribution < -0.4 is 15.8 Å². The number of hydrogen-bond donors (Lipinski definition) is 2. The lowest BCUT2D eigenvalue weighted by molar-refractivity contribution is 0.100. The molecule has 138 valence electrons. The van der Waals surface area contributed by atoms with E-state index in [4.69, 9.17) is 22.1 Å². The molecular weight excluding hydrogens is 386 g/mol. The standard InChI is InChI=1S/C19H16ClN3O3S/c1-11-17(19(25)23-15-5-3-2-4-14(15)18(21)24)27-16(22-11)10-26-13-8-6-12(20)7-9-13/h2-9H,10H2,1H3,(H2,21,24)(H,23,25). The molecule has 0 saturated carbocycles. The quantitative estimate of drug-likeness (QED) is 0.651. The van der Waals surface area contributed by atoms with E-state index in [2.05, 4.69) is 10.3 Å². The Balaban J connectivity index is 1.71. The van der Waals surface area contributed by atoms with Crippen LogP contribution in [0.2, 0.25) is 5.02 Å². The smallest absolute Gasteiger partial charge is 0.267 e. The van der Waals surface area contributed by atoms with Crippen LogP contribution in [0, 0.1) is 6.92 Å². The first-order valence-electron chi connectivity index (χ1n) is 7.99. The topological polar surface area (TPSA) is 94.3 Å². The van der Waals surface area contributed by atoms with Gasteiger partial charge in [0, 0.05) is 5.02 Å². The highest BCUT2D eigenvalue weighted by Crippen LogP contribution is 2.23. The lowest BCUT2D eigenvalue weighted by atomic mass is 10.1. The third kappa shape index (κ3) is 4.64. The molecule has 27 heavy (non-hydrogen) atoms. The average Bonchev–Trinajstić information content (AvgIpc) is 3.02. The molecule has 1 heterocycles. The normalized spacial score (nSPS) is 10.4. The number of carbonyl (C=O) groups is 2. The number of nitrogens with zero attached hydrogens (tertiary/aromatic N) is 1. The molecule has 3 rings (SSSR count). The summed E-state index contributed by atoms with van der Waals surface area (Å²) >= 11 is 7.08. The maximum absolute atomic E-state index is 12.6. The van der Waals surface area contributed by atoms with E-state index in [0.717, 1.165) is 0 Å². The van der Waals surface area contributed by atoms with E-state index in [0.29, 0.717) is 32.0 Å². The number of rotatable bonds is 6. The number of primary amides is 1. The van der Waals surface area contributed by atoms with Gasteiger partial charge in [0.05, 0.1) is 16.9 Å². The number of aryl methyl sites for hydroxylation is 1. The number of nitrogens with two attached hydrogens (primary N) is 1. The second kappa shape index (κ2) is 8.20. The monoisotopic (exact) mass is 401 g/mol. The minimum atomic E-state index is -0.607. The van der Waals surface area contributed by atoms with E-state index in [1.165, 1.54) is 11.3 Å². The van der Waals surface area contributed by atoms with Crippen molar-refractivity contribution in [2.24, 2.45) is 5.73 Å². The van der Waals surface area contributed by atoms with Crippen molar-refractivity contribution < 1.29 is 14.3 Å². The molecule has 6 nitrogen and oxygen atoms in total. The SMILES string of the molecule is Cc1nc(COc2ccc(Cl)cc2)sc1C(=O)Nc1ccccc1C(N)=O. The number of hydrogen-bond acceptors (Lipinski definition) is 5. The summed E-state index contributed by atoms with van der Waals surface area (Å²) < 4.78 is 5.66. The van der Waals surface area contributed by atoms with Gasteiger partial charge in [-0.1, -0.05) is 23.7 Å². The first-order chi connectivity index (χ1) is 12.9. The number of ether oxygens (including phenoxy) is 1. The van der Waals surface area contributed by atoms with Gasteiger partial charge in [-0.25, -0.2) is 4.98 Å². The van der Waals surface area contributed by atoms with E-state index >= 15 is 0 Å². The summed E-state index contributed by atoms with van der Waals surface area (Å²) in [6.45, 7) is 1.98. The zero-order valence-corrected chi connectivity index (χ0v) is 15.9. The Morgan fingerprint density at radius 1 is 1.19 bits per heavy atom. The molecule has 0 aliphatic carbocycles. The van der Waals surface area contributed by atoms with Gasteiger partial charge in [0.25, 0.3) is 11.8 Å². The Bertz CT molecular complexity index is 986. The average molecular weight is 402 g/mol. The molecule has 2 amide bonds. The Labute approximate surface area is 164 Å². The maximum atomic E-state index is 12.6. The number of nitrogens with one attached hydrogen (secondary N) is 1. The lowest BCUT2D eigenvalue weighted by Gasteiger charge is -2.07. The van der Waals surface area contributed by atoms with Gasteiger partial charge in [0.15, 0.2) is 0 Å². The third-order valence-electron chi connectivity index (χ3n) is 3.66. The highest BCUT2D eigenvalue weighted by atomic mass is 35.5. The molecule has 2 aromatic carbocycles. The molecule has 0 aliphatic heterocycles. The molecule has 0 radical (unpaired) electrons. The molecule has 3 N–H and O–H groups in total. The van der Waals surface area contributed by atoms with Crippen LogP contribution in [0.25, 0.3) is 0 Å². The first kappa shape index (κ1) is 18.9. The summed E-state index contributed by atoms with van der Waals surface area (Å²) in [5.41, 5.74) is 6.54. The number of aromatic nitrogens is 1. The van der Waals surface area contributed by atoms with Crippen molar-refractivity contribution in [3.05, 3.63) is 74.7 Å². The van der Waals surface area contributed by atoms with Gasteiger partial charge < -0.3 is 15.8 Å². The molecule has 3 aromatic rings. The van der Waals surface area contributed by atoms with E-state index in [-0.39, 0.29) is 18.1 Å². The summed E-state index contributed by atoms with van der Waals surface area (Å²) in [5, 5.41) is 4.01. The predicted molar refractivity (Wildman–Crippen MR) is 106 cm³/mol. The number of benzene rings is 2. The molecule has 1 aromatic heterocycles. The first-order valence-corrected chi connectivity index (χ1v) is 9.18. The van der Waals surface area contributed by atoms with Crippen molar-refractivity contribution in [3.8, 4) is 5.75 Å². The Morgan fingerprint density at radius 2 is 1.89 bits per heavy atom. The minimum absolute atomic E-state index is 0.234. The van der Waals surface area contributed by atoms with Crippen molar-refractivity contribution in [1.29, 1.82) is 0 Å². The van der Waals surface area contributed by atoms with Crippen LogP contribution >= 0.6 is 22.9 Å². The zero-order chi connectivity index (χ0) is 19.4. The number of anilines is 1. The van der Waals surface area contributed by atoms with Crippen LogP contribution in [0.5, 0.6) is 5.75 Å². The fourth-order valence-corrected chi connectivity index (χ4v) is 3.39. The Hall–Kier alpha value is -2.90. The van der Waals surface area contributed by atoms with E-state index in [9.17, 15) is 9.59 Å². The summed E-state index contributed by atoms with van der Waals surface area (Å²) in [6.07, 6.45) is 0. The second-order valence-corrected chi connectivity index (χ2v) is 7.15. The molecular formula is C19H16ClN3O3S. The fraction of sp³-hybridized carbons (Fsp3) is 0.105. The summed E-state index contributed by atoms with van der Waals surface area (Å²) in [6, 6.07) is 13.6. The van der Waals surface area contributed by atoms with Crippen molar-refractivity contribution >= 4 is 40.4 Å². The number of carbonyl (C=O) groups excluding carboxylic acids is 2. The molecule has 8 heteroatoms. The molecule has 0 aliphatic rings. The maximum Gasteiger partial charge on any atom is 0.267 e. The van der Waals surface area contributed by atoms with Gasteiger partial charge >= 0.3 is 0 Å². The van der Waals surface area contributed by atoms with E-state index in [1.54, 1.807) is 55.5 Å². The van der Waals surface area contributed by atoms with Gasteiger partial charge in [0.2, 0.25) is 0 Å². The molecule has 0 unspecified atom stereocenters. The molecule has 0 spiro atoms. The van der Waals surface area contributed by atoms with Crippen LogP contribution in [0.1, 0.15) is 30.7 Å². The van der Waals surface area contributed by atoms with Gasteiger partial charge in [-0.2, -0.15) is 0 Å². The van der Waals surface area contributed by atoms with Crippen LogP contribution in [0.4, 0.5) is 5.69 Å². The van der Waals surface area contributed by atoms with Gasteiger partial charge in [-0.15, -0.1) is 11.3 Å². The molecule has 0 atom stereocenters. The van der Waals surface area contributed by atoms with Gasteiger partial charge in [-0.3, -0.25) is 9.59 Å². The number of halogens is 1. The van der Waals surface area contributed by atoms with Crippen LogP contribution in [-0.4, -0.2) is 16.8 Å². The molecule has 0 saturated heterocycles. The lowest BCUT2D eigenvalue weighted by Crippen LogP contribution is -2.18. The minimum Gasteiger partial charge on any atom is -0.486 e. The molecule has 0 fully saturated rings. The van der Waals surface area contributed by atoms with Gasteiger partial charge in [-0.05, 0) is 43.3 Å². The largest absolute Gasteiger partial charge is 0.486 e. The van der Waals surface area contributed by atoms with Crippen molar-refractivity contribution in [1.82, 2.24) is 4.98 Å². The summed E-state index contributed by atoms with van der Waals surface area (Å²) in [5.74, 6) is -0.297. The highest BCUT2D eigenvalue weighted by molar-refractivity contribution is 7.13. The Morgan fingerprint density at radius 3 is 2.59 bits per heavy atom. The predicted octanol–water partition coefficient (Wildman–Crippen LogP) is 4.04. The number of thiazole rings is 1.